The number of nitrogens with zero attached hydrogens (tertiary/aromatic N) is 2. The number of anilines is 1. The summed E-state index contributed by atoms with van der Waals surface area (Å²) < 4.78 is 16.8. The highest BCUT2D eigenvalue weighted by molar-refractivity contribution is 6.30. The number of hydrogen-bond donors (Lipinski definition) is 2. The summed E-state index contributed by atoms with van der Waals surface area (Å²) >= 11 is 6.19. The molecule has 7 nitrogen and oxygen atoms in total. The van der Waals surface area contributed by atoms with Crippen molar-refractivity contribution < 1.29 is 14.2 Å². The number of benzene rings is 1. The van der Waals surface area contributed by atoms with Gasteiger partial charge in [0.25, 0.3) is 0 Å². The predicted molar refractivity (Wildman–Crippen MR) is 113 cm³/mol. The lowest BCUT2D eigenvalue weighted by molar-refractivity contribution is -0.0855. The highest BCUT2D eigenvalue weighted by Crippen LogP contribution is 2.33. The summed E-state index contributed by atoms with van der Waals surface area (Å²) in [6.07, 6.45) is 2.79. The summed E-state index contributed by atoms with van der Waals surface area (Å²) in [5, 5.41) is 7.69. The lowest BCUT2D eigenvalue weighted by atomic mass is 9.94. The molecular formula is C20H31ClN4O3. The van der Waals surface area contributed by atoms with E-state index in [0.717, 1.165) is 63.0 Å². The number of nitrogens with one attached hydrogen (secondary N) is 2. The molecule has 1 atom stereocenters. The van der Waals surface area contributed by atoms with Gasteiger partial charge < -0.3 is 29.7 Å². The first-order valence-electron chi connectivity index (χ1n) is 9.78. The van der Waals surface area contributed by atoms with E-state index in [1.54, 1.807) is 21.3 Å². The molecule has 0 aromatic heterocycles. The number of rotatable bonds is 6. The third-order valence-corrected chi connectivity index (χ3v) is 5.88. The monoisotopic (exact) mass is 410 g/mol. The molecule has 3 rings (SSSR count). The quantitative estimate of drug-likeness (QED) is 0.554. The van der Waals surface area contributed by atoms with Crippen molar-refractivity contribution in [1.29, 1.82) is 0 Å². The summed E-state index contributed by atoms with van der Waals surface area (Å²) in [5.74, 6) is 1.64. The first-order valence-corrected chi connectivity index (χ1v) is 10.2. The van der Waals surface area contributed by atoms with Crippen LogP contribution in [0.4, 0.5) is 5.69 Å². The van der Waals surface area contributed by atoms with E-state index < -0.39 is 0 Å². The fraction of sp³-hybridized carbons (Fsp3) is 0.650. The Morgan fingerprint density at radius 3 is 2.82 bits per heavy atom. The SMILES string of the molecule is CN=C(NCC1(OC)CCOCC1)NC1CCN(c2cc(Cl)ccc2OC)C1. The van der Waals surface area contributed by atoms with E-state index >= 15 is 0 Å². The van der Waals surface area contributed by atoms with Gasteiger partial charge in [-0.25, -0.2) is 0 Å². The van der Waals surface area contributed by atoms with Gasteiger partial charge in [0.05, 0.1) is 18.4 Å². The molecule has 0 spiro atoms. The van der Waals surface area contributed by atoms with Crippen LogP contribution in [0.2, 0.25) is 5.02 Å². The molecule has 0 radical (unpaired) electrons. The van der Waals surface area contributed by atoms with Crippen molar-refractivity contribution in [2.45, 2.75) is 30.9 Å². The maximum Gasteiger partial charge on any atom is 0.191 e. The van der Waals surface area contributed by atoms with Crippen molar-refractivity contribution >= 4 is 23.2 Å². The lowest BCUT2D eigenvalue weighted by Gasteiger charge is -2.36. The smallest absolute Gasteiger partial charge is 0.191 e. The molecule has 8 heteroatoms. The standard InChI is InChI=1S/C20H31ClN4O3/c1-22-19(23-14-20(27-3)7-10-28-11-8-20)24-16-6-9-25(13-16)17-12-15(21)4-5-18(17)26-2/h4-5,12,16H,6-11,13-14H2,1-3H3,(H2,22,23,24). The van der Waals surface area contributed by atoms with Crippen molar-refractivity contribution in [3.8, 4) is 5.75 Å². The largest absolute Gasteiger partial charge is 0.495 e. The van der Waals surface area contributed by atoms with Gasteiger partial charge in [-0.05, 0) is 24.6 Å². The first kappa shape index (κ1) is 21.0. The molecule has 156 valence electrons. The van der Waals surface area contributed by atoms with Crippen LogP contribution in [0.5, 0.6) is 5.75 Å². The van der Waals surface area contributed by atoms with Gasteiger partial charge in [-0.3, -0.25) is 4.99 Å². The maximum atomic E-state index is 6.19. The van der Waals surface area contributed by atoms with E-state index in [1.807, 2.05) is 18.2 Å². The number of hydrogen-bond acceptors (Lipinski definition) is 5. The zero-order chi connectivity index (χ0) is 20.0. The Morgan fingerprint density at radius 2 is 2.14 bits per heavy atom. The zero-order valence-electron chi connectivity index (χ0n) is 17.0. The summed E-state index contributed by atoms with van der Waals surface area (Å²) in [4.78, 5) is 6.69. The fourth-order valence-electron chi connectivity index (χ4n) is 3.84. The molecule has 28 heavy (non-hydrogen) atoms. The molecule has 2 aliphatic rings. The Bertz CT molecular complexity index is 679. The van der Waals surface area contributed by atoms with E-state index in [0.29, 0.717) is 17.6 Å². The second-order valence-electron chi connectivity index (χ2n) is 7.32. The Hall–Kier alpha value is -1.70. The molecule has 2 saturated heterocycles. The maximum absolute atomic E-state index is 6.19. The minimum absolute atomic E-state index is 0.189. The molecule has 0 amide bonds. The molecule has 0 aliphatic carbocycles. The molecule has 1 aromatic rings. The topological polar surface area (TPSA) is 67.4 Å². The van der Waals surface area contributed by atoms with E-state index in [4.69, 9.17) is 25.8 Å². The summed E-state index contributed by atoms with van der Waals surface area (Å²) in [7, 11) is 5.26. The molecule has 1 aromatic carbocycles. The second kappa shape index (κ2) is 9.67. The molecule has 0 saturated carbocycles. The zero-order valence-corrected chi connectivity index (χ0v) is 17.7. The van der Waals surface area contributed by atoms with Crippen molar-refractivity contribution in [3.05, 3.63) is 23.2 Å². The predicted octanol–water partition coefficient (Wildman–Crippen LogP) is 2.29. The molecule has 2 heterocycles. The van der Waals surface area contributed by atoms with Gasteiger partial charge >= 0.3 is 0 Å². The highest BCUT2D eigenvalue weighted by Gasteiger charge is 2.33. The van der Waals surface area contributed by atoms with Crippen LogP contribution in [0, 0.1) is 0 Å². The van der Waals surface area contributed by atoms with Crippen LogP contribution < -0.4 is 20.3 Å². The highest BCUT2D eigenvalue weighted by atomic mass is 35.5. The average Bonchev–Trinajstić information content (AvgIpc) is 3.20. The molecule has 2 fully saturated rings. The third-order valence-electron chi connectivity index (χ3n) is 5.65. The Kier molecular flexibility index (Phi) is 7.26. The van der Waals surface area contributed by atoms with Crippen molar-refractivity contribution in [3.63, 3.8) is 0 Å². The summed E-state index contributed by atoms with van der Waals surface area (Å²) in [6.45, 7) is 3.98. The van der Waals surface area contributed by atoms with Crippen molar-refractivity contribution in [1.82, 2.24) is 10.6 Å². The lowest BCUT2D eigenvalue weighted by Crippen LogP contribution is -2.52. The first-order chi connectivity index (χ1) is 13.6. The number of halogens is 1. The van der Waals surface area contributed by atoms with Gasteiger partial charge in [-0.15, -0.1) is 0 Å². The third kappa shape index (κ3) is 5.01. The van der Waals surface area contributed by atoms with Crippen LogP contribution in [0.1, 0.15) is 19.3 Å². The molecular weight excluding hydrogens is 380 g/mol. The molecule has 1 unspecified atom stereocenters. The molecule has 2 aliphatic heterocycles. The van der Waals surface area contributed by atoms with E-state index in [2.05, 4.69) is 20.5 Å². The fourth-order valence-corrected chi connectivity index (χ4v) is 4.00. The Balaban J connectivity index is 1.56. The number of methoxy groups -OCH3 is 2. The second-order valence-corrected chi connectivity index (χ2v) is 7.75. The van der Waals surface area contributed by atoms with Gasteiger partial charge in [0.15, 0.2) is 5.96 Å². The Labute approximate surface area is 172 Å². The number of aliphatic imine (C=N–C) groups is 1. The van der Waals surface area contributed by atoms with E-state index in [9.17, 15) is 0 Å². The average molecular weight is 411 g/mol. The van der Waals surface area contributed by atoms with Crippen LogP contribution in [0.3, 0.4) is 0 Å². The van der Waals surface area contributed by atoms with E-state index in [1.165, 1.54) is 0 Å². The van der Waals surface area contributed by atoms with Gasteiger partial charge in [-0.1, -0.05) is 11.6 Å². The minimum atomic E-state index is -0.189. The van der Waals surface area contributed by atoms with Gasteiger partial charge in [0.2, 0.25) is 0 Å². The van der Waals surface area contributed by atoms with E-state index in [-0.39, 0.29) is 5.60 Å². The van der Waals surface area contributed by atoms with Gasteiger partial charge in [-0.2, -0.15) is 0 Å². The minimum Gasteiger partial charge on any atom is -0.495 e. The summed E-state index contributed by atoms with van der Waals surface area (Å²) in [5.41, 5.74) is 0.842. The van der Waals surface area contributed by atoms with Crippen LogP contribution >= 0.6 is 11.6 Å². The van der Waals surface area contributed by atoms with Gasteiger partial charge in [0.1, 0.15) is 5.75 Å². The molecule has 2 N–H and O–H groups in total. The van der Waals surface area contributed by atoms with Crippen LogP contribution in [0.15, 0.2) is 23.2 Å². The summed E-state index contributed by atoms with van der Waals surface area (Å²) in [6, 6.07) is 6.02. The van der Waals surface area contributed by atoms with Gasteiger partial charge in [0, 0.05) is 70.9 Å². The van der Waals surface area contributed by atoms with Crippen LogP contribution in [-0.4, -0.2) is 71.7 Å². The molecule has 0 bridgehead atoms. The van der Waals surface area contributed by atoms with Crippen molar-refractivity contribution in [2.75, 3.05) is 59.0 Å². The van der Waals surface area contributed by atoms with Crippen LogP contribution in [-0.2, 0) is 9.47 Å². The van der Waals surface area contributed by atoms with Crippen molar-refractivity contribution in [2.24, 2.45) is 4.99 Å². The Morgan fingerprint density at radius 1 is 1.36 bits per heavy atom. The normalized spacial score (nSPS) is 22.2. The number of ether oxygens (including phenoxy) is 3. The number of guanidine groups is 1. The van der Waals surface area contributed by atoms with Crippen LogP contribution in [0.25, 0.3) is 0 Å².